The van der Waals surface area contributed by atoms with Crippen molar-refractivity contribution in [3.63, 3.8) is 0 Å². The summed E-state index contributed by atoms with van der Waals surface area (Å²) in [6, 6.07) is 0. The average Bonchev–Trinajstić information content (AvgIpc) is 2.51. The van der Waals surface area contributed by atoms with Crippen molar-refractivity contribution < 1.29 is 61.0 Å². The third-order valence-corrected chi connectivity index (χ3v) is 3.99. The Balaban J connectivity index is -0.000000103. The maximum absolute atomic E-state index is 10.3. The molecular weight excluding hydrogens is 588 g/mol. The average molecular weight is 632 g/mol. The van der Waals surface area contributed by atoms with Crippen LogP contribution in [0.25, 0.3) is 0 Å². The van der Waals surface area contributed by atoms with Crippen LogP contribution in [0, 0.1) is 4.91 Å². The second-order valence-electron chi connectivity index (χ2n) is 6.18. The van der Waals surface area contributed by atoms with Gasteiger partial charge in [0.2, 0.25) is 0 Å². The molecule has 0 saturated heterocycles. The van der Waals surface area contributed by atoms with Crippen molar-refractivity contribution in [1.82, 2.24) is 12.3 Å². The van der Waals surface area contributed by atoms with Gasteiger partial charge in [-0.15, -0.1) is 4.91 Å². The summed E-state index contributed by atoms with van der Waals surface area (Å²) in [4.78, 5) is 18.4. The van der Waals surface area contributed by atoms with E-state index in [2.05, 4.69) is 6.92 Å². The van der Waals surface area contributed by atoms with E-state index in [0.29, 0.717) is 6.42 Å². The maximum Gasteiger partial charge on any atom is 4.00 e. The number of halogens is 2. The van der Waals surface area contributed by atoms with Crippen LogP contribution in [-0.2, 0) is 25.9 Å². The molecule has 0 aromatic heterocycles. The fourth-order valence-corrected chi connectivity index (χ4v) is 2.65. The van der Waals surface area contributed by atoms with Crippen molar-refractivity contribution in [2.24, 2.45) is 5.34 Å². The molecule has 0 bridgehead atoms. The first-order valence-electron chi connectivity index (χ1n) is 9.37. The molecule has 0 aromatic carbocycles. The maximum atomic E-state index is 10.3. The van der Waals surface area contributed by atoms with Crippen molar-refractivity contribution in [3.8, 4) is 0 Å². The second kappa shape index (κ2) is 45.7. The second-order valence-corrected chi connectivity index (χ2v) is 6.18. The number of aliphatic carboxylic acids is 1. The fourth-order valence-electron chi connectivity index (χ4n) is 2.65. The number of carboxylic acid groups (broad SMARTS) is 1. The summed E-state index contributed by atoms with van der Waals surface area (Å²) in [7, 11) is 0. The topological polar surface area (TPSA) is 157 Å². The molecule has 10 heteroatoms. The first-order chi connectivity index (χ1) is 11.2. The number of rotatable bonds is 16. The molecule has 0 fully saturated rings. The van der Waals surface area contributed by atoms with Gasteiger partial charge in [0.1, 0.15) is 0 Å². The zero-order valence-corrected chi connectivity index (χ0v) is 21.2. The third kappa shape index (κ3) is 56.2. The molecule has 8 N–H and O–H groups in total. The summed E-state index contributed by atoms with van der Waals surface area (Å²) in [5, 5.41) is 16.4. The largest absolute Gasteiger partial charge is 4.00 e. The predicted molar refractivity (Wildman–Crippen MR) is 105 cm³/mol. The van der Waals surface area contributed by atoms with E-state index in [1.165, 1.54) is 88.8 Å². The van der Waals surface area contributed by atoms with Gasteiger partial charge in [0.05, 0.1) is 0 Å². The van der Waals surface area contributed by atoms with E-state index in [1.54, 1.807) is 0 Å². The molecule has 0 aliphatic heterocycles. The van der Waals surface area contributed by atoms with Gasteiger partial charge in [0, 0.05) is 6.42 Å². The Kier molecular flexibility index (Phi) is 75.6. The predicted octanol–water partition coefficient (Wildman–Crippen LogP) is 0.804. The van der Waals surface area contributed by atoms with Crippen molar-refractivity contribution in [2.45, 2.75) is 110 Å². The standard InChI is InChI=1S/C18H36O2.2ClH.HNO2.2H3N.Pt/c1-2-3-4-5-6-7-8-9-10-11-12-13-14-15-16-17-18(19)20;;;2-1-3;;;/h2-17H2,1H3,(H,19,20);2*1H;(H,2,3);2*1H3;/q;;;;;;+4/p-2. The van der Waals surface area contributed by atoms with Gasteiger partial charge in [-0.2, -0.15) is 0 Å². The van der Waals surface area contributed by atoms with Crippen molar-refractivity contribution in [2.75, 3.05) is 0 Å². The van der Waals surface area contributed by atoms with Gasteiger partial charge in [0.15, 0.2) is 5.34 Å². The zero-order chi connectivity index (χ0) is 17.6. The van der Waals surface area contributed by atoms with Crippen LogP contribution < -0.4 is 37.1 Å². The smallest absolute Gasteiger partial charge is 1.00 e. The Morgan fingerprint density at radius 1 is 0.679 bits per heavy atom. The summed E-state index contributed by atoms with van der Waals surface area (Å²) in [6.07, 6.45) is 20.2. The molecule has 7 nitrogen and oxygen atoms in total. The molecule has 0 heterocycles. The molecule has 0 atom stereocenters. The summed E-state index contributed by atoms with van der Waals surface area (Å²) in [6.45, 7) is 2.27. The minimum Gasteiger partial charge on any atom is -1.00 e. The summed E-state index contributed by atoms with van der Waals surface area (Å²) in [5.74, 6) is -0.653. The summed E-state index contributed by atoms with van der Waals surface area (Å²) in [5.41, 5.74) is 0. The Hall–Kier alpha value is 0.0583. The number of hydrogen-bond acceptors (Lipinski definition) is 5. The van der Waals surface area contributed by atoms with Gasteiger partial charge >= 0.3 is 27.0 Å². The first kappa shape index (κ1) is 46.3. The molecule has 0 unspecified atom stereocenters. The van der Waals surface area contributed by atoms with E-state index < -0.39 is 5.97 Å². The van der Waals surface area contributed by atoms with E-state index in [0.717, 1.165) is 12.8 Å². The van der Waals surface area contributed by atoms with Gasteiger partial charge in [-0.25, -0.2) is 0 Å². The number of unbranched alkanes of at least 4 members (excludes halogenated alkanes) is 14. The van der Waals surface area contributed by atoms with Gasteiger partial charge in [-0.05, 0) is 6.42 Å². The number of carbonyl (C=O) groups is 1. The zero-order valence-electron chi connectivity index (χ0n) is 17.5. The molecule has 0 saturated carbocycles. The van der Waals surface area contributed by atoms with E-state index in [9.17, 15) is 4.79 Å². The molecule has 28 heavy (non-hydrogen) atoms. The van der Waals surface area contributed by atoms with Crippen LogP contribution in [0.5, 0.6) is 0 Å². The van der Waals surface area contributed by atoms with E-state index in [4.69, 9.17) is 15.2 Å². The SMILES string of the molecule is CCCCCCCCCCCCCCCCCC(=O)O.N.N.O=NO.[Cl-].[Cl-].[Pt+4]. The molecule has 0 aromatic rings. The molecule has 0 rings (SSSR count). The van der Waals surface area contributed by atoms with Gasteiger partial charge in [-0.1, -0.05) is 96.8 Å². The minimum absolute atomic E-state index is 0. The monoisotopic (exact) mass is 630 g/mol. The van der Waals surface area contributed by atoms with Crippen LogP contribution in [0.15, 0.2) is 5.34 Å². The van der Waals surface area contributed by atoms with Crippen LogP contribution in [-0.4, -0.2) is 16.3 Å². The van der Waals surface area contributed by atoms with E-state index in [-0.39, 0.29) is 58.2 Å². The van der Waals surface area contributed by atoms with Crippen LogP contribution >= 0.6 is 0 Å². The molecule has 176 valence electrons. The summed E-state index contributed by atoms with van der Waals surface area (Å²) >= 11 is 0. The minimum atomic E-state index is -0.653. The third-order valence-electron chi connectivity index (χ3n) is 3.99. The van der Waals surface area contributed by atoms with Crippen molar-refractivity contribution in [1.29, 1.82) is 0 Å². The number of carboxylic acids is 1. The molecule has 0 spiro atoms. The van der Waals surface area contributed by atoms with Crippen LogP contribution in [0.2, 0.25) is 0 Å². The Bertz CT molecular complexity index is 271. The number of hydrogen-bond donors (Lipinski definition) is 4. The quantitative estimate of drug-likeness (QED) is 0.112. The Morgan fingerprint density at radius 3 is 1.11 bits per heavy atom. The van der Waals surface area contributed by atoms with Gasteiger partial charge in [0.25, 0.3) is 0 Å². The van der Waals surface area contributed by atoms with Crippen LogP contribution in [0.4, 0.5) is 0 Å². The van der Waals surface area contributed by atoms with Crippen LogP contribution in [0.3, 0.4) is 0 Å². The van der Waals surface area contributed by atoms with Crippen LogP contribution in [0.1, 0.15) is 110 Å². The molecule has 0 amide bonds. The van der Waals surface area contributed by atoms with Gasteiger partial charge < -0.3 is 47.4 Å². The van der Waals surface area contributed by atoms with Gasteiger partial charge in [-0.3, -0.25) is 4.79 Å². The molecule has 0 radical (unpaired) electrons. The first-order valence-corrected chi connectivity index (χ1v) is 9.37. The summed E-state index contributed by atoms with van der Waals surface area (Å²) < 4.78 is 0. The molecular formula is C18H43Cl2N3O4Pt+2. The normalized spacial score (nSPS) is 8.18. The Morgan fingerprint density at radius 2 is 0.893 bits per heavy atom. The van der Waals surface area contributed by atoms with Crippen molar-refractivity contribution >= 4 is 5.97 Å². The van der Waals surface area contributed by atoms with E-state index in [1.807, 2.05) is 0 Å². The fraction of sp³-hybridized carbons (Fsp3) is 0.944. The number of nitrogens with zero attached hydrogens (tertiary/aromatic N) is 1. The Labute approximate surface area is 198 Å². The van der Waals surface area contributed by atoms with E-state index >= 15 is 0 Å². The molecule has 0 aliphatic rings. The molecule has 0 aliphatic carbocycles. The van der Waals surface area contributed by atoms with Crippen molar-refractivity contribution in [3.05, 3.63) is 4.91 Å².